The van der Waals surface area contributed by atoms with Crippen molar-refractivity contribution in [2.45, 2.75) is 11.7 Å². The fourth-order valence-electron chi connectivity index (χ4n) is 2.66. The SMILES string of the molecule is COc1ccc(CNC(=O)CSc2nnc(-c3ccc(Cl)cc3)n2C)cc1OC. The zero-order valence-corrected chi connectivity index (χ0v) is 17.9. The van der Waals surface area contributed by atoms with Crippen LogP contribution in [-0.2, 0) is 18.4 Å². The van der Waals surface area contributed by atoms with E-state index in [9.17, 15) is 4.79 Å². The molecule has 1 N–H and O–H groups in total. The summed E-state index contributed by atoms with van der Waals surface area (Å²) in [5.41, 5.74) is 1.83. The standard InChI is InChI=1S/C20H21ClN4O3S/c1-25-19(14-5-7-15(21)8-6-14)23-24-20(25)29-12-18(26)22-11-13-4-9-16(27-2)17(10-13)28-3/h4-10H,11-12H2,1-3H3,(H,22,26). The van der Waals surface area contributed by atoms with Crippen LogP contribution in [0, 0.1) is 0 Å². The summed E-state index contributed by atoms with van der Waals surface area (Å²) in [6, 6.07) is 12.9. The van der Waals surface area contributed by atoms with Crippen LogP contribution in [0.25, 0.3) is 11.4 Å². The van der Waals surface area contributed by atoms with Crippen LogP contribution in [-0.4, -0.2) is 40.6 Å². The van der Waals surface area contributed by atoms with Crippen LogP contribution < -0.4 is 14.8 Å². The third-order valence-electron chi connectivity index (χ3n) is 4.21. The highest BCUT2D eigenvalue weighted by Crippen LogP contribution is 2.27. The number of amides is 1. The van der Waals surface area contributed by atoms with Crippen molar-refractivity contribution >= 4 is 29.3 Å². The van der Waals surface area contributed by atoms with Crippen molar-refractivity contribution in [3.05, 3.63) is 53.1 Å². The molecule has 1 amide bonds. The lowest BCUT2D eigenvalue weighted by atomic mass is 10.2. The number of benzene rings is 2. The molecule has 0 radical (unpaired) electrons. The molecule has 0 bridgehead atoms. The molecule has 2 aromatic carbocycles. The Morgan fingerprint density at radius 1 is 1.10 bits per heavy atom. The van der Waals surface area contributed by atoms with Crippen molar-refractivity contribution in [3.8, 4) is 22.9 Å². The van der Waals surface area contributed by atoms with E-state index >= 15 is 0 Å². The fraction of sp³-hybridized carbons (Fsp3) is 0.250. The number of methoxy groups -OCH3 is 2. The van der Waals surface area contributed by atoms with E-state index in [2.05, 4.69) is 15.5 Å². The second-order valence-electron chi connectivity index (χ2n) is 6.13. The van der Waals surface area contributed by atoms with Gasteiger partial charge in [-0.25, -0.2) is 0 Å². The molecule has 0 aliphatic rings. The van der Waals surface area contributed by atoms with Crippen molar-refractivity contribution in [3.63, 3.8) is 0 Å². The van der Waals surface area contributed by atoms with Crippen molar-refractivity contribution in [1.29, 1.82) is 0 Å². The molecular weight excluding hydrogens is 412 g/mol. The first kappa shape index (κ1) is 21.0. The number of nitrogens with one attached hydrogen (secondary N) is 1. The first-order chi connectivity index (χ1) is 14.0. The predicted molar refractivity (Wildman–Crippen MR) is 114 cm³/mol. The molecule has 1 aromatic heterocycles. The van der Waals surface area contributed by atoms with Gasteiger partial charge in [0.15, 0.2) is 22.5 Å². The Balaban J connectivity index is 1.55. The van der Waals surface area contributed by atoms with Gasteiger partial charge in [0.05, 0.1) is 20.0 Å². The van der Waals surface area contributed by atoms with E-state index in [1.165, 1.54) is 11.8 Å². The molecule has 1 heterocycles. The van der Waals surface area contributed by atoms with Gasteiger partial charge in [0, 0.05) is 24.2 Å². The molecule has 0 saturated heterocycles. The molecule has 0 fully saturated rings. The number of carbonyl (C=O) groups is 1. The summed E-state index contributed by atoms with van der Waals surface area (Å²) in [4.78, 5) is 12.2. The zero-order chi connectivity index (χ0) is 20.8. The maximum absolute atomic E-state index is 12.2. The highest BCUT2D eigenvalue weighted by Gasteiger charge is 2.13. The summed E-state index contributed by atoms with van der Waals surface area (Å²) in [6.45, 7) is 0.397. The number of carbonyl (C=O) groups excluding carboxylic acids is 1. The summed E-state index contributed by atoms with van der Waals surface area (Å²) < 4.78 is 12.4. The molecule has 3 rings (SSSR count). The molecule has 0 atom stereocenters. The molecule has 152 valence electrons. The molecule has 0 spiro atoms. The van der Waals surface area contributed by atoms with Crippen molar-refractivity contribution in [2.24, 2.45) is 7.05 Å². The molecule has 0 unspecified atom stereocenters. The third-order valence-corrected chi connectivity index (χ3v) is 5.48. The van der Waals surface area contributed by atoms with Crippen LogP contribution in [0.1, 0.15) is 5.56 Å². The smallest absolute Gasteiger partial charge is 0.230 e. The minimum absolute atomic E-state index is 0.0965. The summed E-state index contributed by atoms with van der Waals surface area (Å²) in [5.74, 6) is 2.13. The number of rotatable bonds is 8. The van der Waals surface area contributed by atoms with Crippen LogP contribution in [0.2, 0.25) is 5.02 Å². The van der Waals surface area contributed by atoms with E-state index < -0.39 is 0 Å². The van der Waals surface area contributed by atoms with Crippen LogP contribution in [0.3, 0.4) is 0 Å². The minimum Gasteiger partial charge on any atom is -0.493 e. The highest BCUT2D eigenvalue weighted by atomic mass is 35.5. The van der Waals surface area contributed by atoms with E-state index in [0.717, 1.165) is 17.0 Å². The maximum Gasteiger partial charge on any atom is 0.230 e. The molecule has 0 aliphatic heterocycles. The molecule has 29 heavy (non-hydrogen) atoms. The molecule has 0 saturated carbocycles. The van der Waals surface area contributed by atoms with Gasteiger partial charge in [0.2, 0.25) is 5.91 Å². The lowest BCUT2D eigenvalue weighted by Gasteiger charge is -2.10. The molecule has 3 aromatic rings. The van der Waals surface area contributed by atoms with Gasteiger partial charge in [0.25, 0.3) is 0 Å². The quantitative estimate of drug-likeness (QED) is 0.548. The molecular formula is C20H21ClN4O3S. The monoisotopic (exact) mass is 432 g/mol. The Morgan fingerprint density at radius 2 is 1.83 bits per heavy atom. The summed E-state index contributed by atoms with van der Waals surface area (Å²) in [7, 11) is 5.03. The number of hydrogen-bond acceptors (Lipinski definition) is 6. The number of thioether (sulfide) groups is 1. The highest BCUT2D eigenvalue weighted by molar-refractivity contribution is 7.99. The largest absolute Gasteiger partial charge is 0.493 e. The van der Waals surface area contributed by atoms with Crippen molar-refractivity contribution < 1.29 is 14.3 Å². The summed E-state index contributed by atoms with van der Waals surface area (Å²) >= 11 is 7.26. The van der Waals surface area contributed by atoms with Gasteiger partial charge < -0.3 is 19.4 Å². The van der Waals surface area contributed by atoms with Gasteiger partial charge in [-0.1, -0.05) is 29.4 Å². The number of ether oxygens (including phenoxy) is 2. The Labute approximate surface area is 178 Å². The van der Waals surface area contributed by atoms with Crippen molar-refractivity contribution in [2.75, 3.05) is 20.0 Å². The number of nitrogens with zero attached hydrogens (tertiary/aromatic N) is 3. The van der Waals surface area contributed by atoms with Gasteiger partial charge in [-0.2, -0.15) is 0 Å². The average molecular weight is 433 g/mol. The second kappa shape index (κ2) is 9.67. The maximum atomic E-state index is 12.2. The molecule has 7 nitrogen and oxygen atoms in total. The zero-order valence-electron chi connectivity index (χ0n) is 16.3. The average Bonchev–Trinajstić information content (AvgIpc) is 3.11. The van der Waals surface area contributed by atoms with E-state index in [-0.39, 0.29) is 11.7 Å². The van der Waals surface area contributed by atoms with Crippen LogP contribution >= 0.6 is 23.4 Å². The van der Waals surface area contributed by atoms with Gasteiger partial charge >= 0.3 is 0 Å². The Bertz CT molecular complexity index is 992. The normalized spacial score (nSPS) is 10.6. The lowest BCUT2D eigenvalue weighted by molar-refractivity contribution is -0.118. The van der Waals surface area contributed by atoms with Gasteiger partial charge in [-0.15, -0.1) is 10.2 Å². The summed E-state index contributed by atoms with van der Waals surface area (Å²) in [5, 5.41) is 12.6. The van der Waals surface area contributed by atoms with Gasteiger partial charge in [-0.05, 0) is 42.0 Å². The number of hydrogen-bond donors (Lipinski definition) is 1. The van der Waals surface area contributed by atoms with Crippen molar-refractivity contribution in [1.82, 2.24) is 20.1 Å². The Hall–Kier alpha value is -2.71. The third kappa shape index (κ3) is 5.21. The second-order valence-corrected chi connectivity index (χ2v) is 7.51. The van der Waals surface area contributed by atoms with E-state index in [4.69, 9.17) is 21.1 Å². The topological polar surface area (TPSA) is 78.3 Å². The summed E-state index contributed by atoms with van der Waals surface area (Å²) in [6.07, 6.45) is 0. The lowest BCUT2D eigenvalue weighted by Crippen LogP contribution is -2.24. The van der Waals surface area contributed by atoms with Crippen LogP contribution in [0.15, 0.2) is 47.6 Å². The minimum atomic E-state index is -0.0965. The number of halogens is 1. The Morgan fingerprint density at radius 3 is 2.52 bits per heavy atom. The molecule has 9 heteroatoms. The van der Waals surface area contributed by atoms with Crippen LogP contribution in [0.5, 0.6) is 11.5 Å². The predicted octanol–water partition coefficient (Wildman–Crippen LogP) is 3.56. The Kier molecular flexibility index (Phi) is 7.00. The van der Waals surface area contributed by atoms with E-state index in [1.807, 2.05) is 41.9 Å². The first-order valence-electron chi connectivity index (χ1n) is 8.77. The van der Waals surface area contributed by atoms with E-state index in [0.29, 0.717) is 28.2 Å². The van der Waals surface area contributed by atoms with Gasteiger partial charge in [-0.3, -0.25) is 4.79 Å². The van der Waals surface area contributed by atoms with Gasteiger partial charge in [0.1, 0.15) is 0 Å². The fourth-order valence-corrected chi connectivity index (χ4v) is 3.53. The molecule has 0 aliphatic carbocycles. The number of aromatic nitrogens is 3. The first-order valence-corrected chi connectivity index (χ1v) is 10.1. The van der Waals surface area contributed by atoms with E-state index in [1.54, 1.807) is 26.4 Å². The van der Waals surface area contributed by atoms with Crippen LogP contribution in [0.4, 0.5) is 0 Å².